The van der Waals surface area contributed by atoms with Crippen LogP contribution in [0.3, 0.4) is 0 Å². The second kappa shape index (κ2) is 3.48. The summed E-state index contributed by atoms with van der Waals surface area (Å²) in [6, 6.07) is 0. The van der Waals surface area contributed by atoms with E-state index in [0.29, 0.717) is 5.69 Å². The summed E-state index contributed by atoms with van der Waals surface area (Å²) in [7, 11) is 3.11. The Morgan fingerprint density at radius 3 is 2.38 bits per heavy atom. The molecule has 0 saturated heterocycles. The summed E-state index contributed by atoms with van der Waals surface area (Å²) in [4.78, 5) is 0.0201. The van der Waals surface area contributed by atoms with Gasteiger partial charge in [-0.15, -0.1) is 11.6 Å². The molecule has 0 fully saturated rings. The number of aromatic nitrogens is 2. The lowest BCUT2D eigenvalue weighted by Gasteiger charge is -1.95. The largest absolute Gasteiger partial charge is 0.271 e. The summed E-state index contributed by atoms with van der Waals surface area (Å²) in [5.41, 5.74) is 0.780. The number of halogens is 2. The lowest BCUT2D eigenvalue weighted by atomic mass is 10.4. The Kier molecular flexibility index (Phi) is 2.89. The van der Waals surface area contributed by atoms with Crippen molar-refractivity contribution < 1.29 is 8.42 Å². The van der Waals surface area contributed by atoms with Crippen molar-refractivity contribution >= 4 is 31.3 Å². The first-order chi connectivity index (χ1) is 5.88. The summed E-state index contributed by atoms with van der Waals surface area (Å²) in [6.45, 7) is 1.62. The Bertz CT molecular complexity index is 424. The maximum atomic E-state index is 11.1. The maximum Gasteiger partial charge on any atom is 0.265 e. The number of nitrogens with zero attached hydrogens (tertiary/aromatic N) is 2. The van der Waals surface area contributed by atoms with Gasteiger partial charge in [-0.3, -0.25) is 4.68 Å². The molecule has 0 radical (unpaired) electrons. The second-order valence-electron chi connectivity index (χ2n) is 2.56. The molecule has 0 atom stereocenters. The zero-order valence-electron chi connectivity index (χ0n) is 7.08. The van der Waals surface area contributed by atoms with Crippen molar-refractivity contribution in [3.63, 3.8) is 0 Å². The SMILES string of the molecule is Cc1c(S(=O)(=O)Cl)c(CCl)nn1C. The van der Waals surface area contributed by atoms with Crippen molar-refractivity contribution in [2.45, 2.75) is 17.7 Å². The van der Waals surface area contributed by atoms with E-state index in [1.165, 1.54) is 4.68 Å². The third-order valence-electron chi connectivity index (χ3n) is 1.72. The van der Waals surface area contributed by atoms with Crippen molar-refractivity contribution in [1.82, 2.24) is 9.78 Å². The van der Waals surface area contributed by atoms with Crippen molar-refractivity contribution in [2.75, 3.05) is 0 Å². The van der Waals surface area contributed by atoms with E-state index >= 15 is 0 Å². The highest BCUT2D eigenvalue weighted by molar-refractivity contribution is 8.13. The predicted octanol–water partition coefficient (Wildman–Crippen LogP) is 1.39. The average Bonchev–Trinajstić information content (AvgIpc) is 2.26. The zero-order chi connectivity index (χ0) is 10.2. The molecule has 0 bridgehead atoms. The van der Waals surface area contributed by atoms with Gasteiger partial charge in [0.05, 0.1) is 17.3 Å². The number of rotatable bonds is 2. The van der Waals surface area contributed by atoms with Crippen LogP contribution in [0, 0.1) is 6.92 Å². The summed E-state index contributed by atoms with van der Waals surface area (Å²) < 4.78 is 23.6. The quantitative estimate of drug-likeness (QED) is 0.582. The molecule has 0 saturated carbocycles. The Morgan fingerprint density at radius 1 is 1.54 bits per heavy atom. The smallest absolute Gasteiger partial charge is 0.265 e. The molecule has 1 aromatic rings. The second-order valence-corrected chi connectivity index (χ2v) is 5.33. The van der Waals surface area contributed by atoms with Gasteiger partial charge in [0, 0.05) is 17.7 Å². The standard InChI is InChI=1S/C6H8Cl2N2O2S/c1-4-6(13(8,11)12)5(3-7)9-10(4)2/h3H2,1-2H3. The monoisotopic (exact) mass is 242 g/mol. The molecule has 1 rings (SSSR count). The van der Waals surface area contributed by atoms with Crippen molar-refractivity contribution in [3.8, 4) is 0 Å². The van der Waals surface area contributed by atoms with E-state index in [4.69, 9.17) is 22.3 Å². The topological polar surface area (TPSA) is 52.0 Å². The van der Waals surface area contributed by atoms with Gasteiger partial charge < -0.3 is 0 Å². The Hall–Kier alpha value is -0.260. The first-order valence-corrected chi connectivity index (χ1v) is 6.25. The van der Waals surface area contributed by atoms with Crippen molar-refractivity contribution in [3.05, 3.63) is 11.4 Å². The van der Waals surface area contributed by atoms with Crippen LogP contribution in [0.2, 0.25) is 0 Å². The molecular formula is C6H8Cl2N2O2S. The first-order valence-electron chi connectivity index (χ1n) is 3.41. The minimum atomic E-state index is -3.75. The normalized spacial score (nSPS) is 12.0. The Labute approximate surface area is 85.9 Å². The van der Waals surface area contributed by atoms with Crippen LogP contribution in [0.15, 0.2) is 4.90 Å². The third kappa shape index (κ3) is 1.98. The van der Waals surface area contributed by atoms with E-state index in [1.54, 1.807) is 14.0 Å². The molecule has 0 aliphatic carbocycles. The number of alkyl halides is 1. The van der Waals surface area contributed by atoms with Gasteiger partial charge in [0.15, 0.2) is 0 Å². The van der Waals surface area contributed by atoms with Gasteiger partial charge in [-0.05, 0) is 6.92 Å². The molecule has 13 heavy (non-hydrogen) atoms. The average molecular weight is 243 g/mol. The molecule has 0 aliphatic rings. The van der Waals surface area contributed by atoms with Crippen LogP contribution in [0.4, 0.5) is 0 Å². The van der Waals surface area contributed by atoms with Gasteiger partial charge in [0.2, 0.25) is 0 Å². The summed E-state index contributed by atoms with van der Waals surface area (Å²) in [5, 5.41) is 3.92. The van der Waals surface area contributed by atoms with Crippen LogP contribution < -0.4 is 0 Å². The molecule has 0 spiro atoms. The molecule has 7 heteroatoms. The van der Waals surface area contributed by atoms with Crippen LogP contribution in [0.5, 0.6) is 0 Å². The zero-order valence-corrected chi connectivity index (χ0v) is 9.41. The predicted molar refractivity (Wildman–Crippen MR) is 50.5 cm³/mol. The Morgan fingerprint density at radius 2 is 2.08 bits per heavy atom. The number of aryl methyl sites for hydroxylation is 1. The van der Waals surface area contributed by atoms with E-state index in [2.05, 4.69) is 5.10 Å². The lowest BCUT2D eigenvalue weighted by Crippen LogP contribution is -1.96. The molecule has 0 aromatic carbocycles. The summed E-state index contributed by atoms with van der Waals surface area (Å²) >= 11 is 5.52. The van der Waals surface area contributed by atoms with Crippen LogP contribution >= 0.6 is 22.3 Å². The molecule has 0 unspecified atom stereocenters. The van der Waals surface area contributed by atoms with Gasteiger partial charge in [0.1, 0.15) is 4.90 Å². The minimum Gasteiger partial charge on any atom is -0.271 e. The van der Waals surface area contributed by atoms with Gasteiger partial charge in [-0.2, -0.15) is 5.10 Å². The van der Waals surface area contributed by atoms with Gasteiger partial charge in [-0.1, -0.05) is 0 Å². The molecule has 1 heterocycles. The number of hydrogen-bond acceptors (Lipinski definition) is 3. The van der Waals surface area contributed by atoms with Gasteiger partial charge >= 0.3 is 0 Å². The highest BCUT2D eigenvalue weighted by atomic mass is 35.7. The maximum absolute atomic E-state index is 11.1. The van der Waals surface area contributed by atoms with Crippen LogP contribution in [0.25, 0.3) is 0 Å². The van der Waals surface area contributed by atoms with Gasteiger partial charge in [0.25, 0.3) is 9.05 Å². The van der Waals surface area contributed by atoms with E-state index in [1.807, 2.05) is 0 Å². The molecule has 0 N–H and O–H groups in total. The van der Waals surface area contributed by atoms with Crippen LogP contribution in [0.1, 0.15) is 11.4 Å². The third-order valence-corrected chi connectivity index (χ3v) is 3.45. The number of hydrogen-bond donors (Lipinski definition) is 0. The van der Waals surface area contributed by atoms with Gasteiger partial charge in [-0.25, -0.2) is 8.42 Å². The van der Waals surface area contributed by atoms with Crippen molar-refractivity contribution in [2.24, 2.45) is 7.05 Å². The highest BCUT2D eigenvalue weighted by Crippen LogP contribution is 2.24. The van der Waals surface area contributed by atoms with E-state index in [-0.39, 0.29) is 16.5 Å². The fourth-order valence-corrected chi connectivity index (χ4v) is 2.81. The highest BCUT2D eigenvalue weighted by Gasteiger charge is 2.22. The van der Waals surface area contributed by atoms with Crippen LogP contribution in [-0.4, -0.2) is 18.2 Å². The first kappa shape index (κ1) is 10.8. The molecule has 74 valence electrons. The van der Waals surface area contributed by atoms with E-state index in [9.17, 15) is 8.42 Å². The van der Waals surface area contributed by atoms with E-state index in [0.717, 1.165) is 0 Å². The van der Waals surface area contributed by atoms with E-state index < -0.39 is 9.05 Å². The summed E-state index contributed by atoms with van der Waals surface area (Å²) in [5.74, 6) is 0.0307. The lowest BCUT2D eigenvalue weighted by molar-refractivity contribution is 0.608. The van der Waals surface area contributed by atoms with Crippen molar-refractivity contribution in [1.29, 1.82) is 0 Å². The summed E-state index contributed by atoms with van der Waals surface area (Å²) in [6.07, 6.45) is 0. The Balaban J connectivity index is 3.51. The fraction of sp³-hybridized carbons (Fsp3) is 0.500. The van der Waals surface area contributed by atoms with Crippen LogP contribution in [-0.2, 0) is 22.0 Å². The molecule has 0 amide bonds. The molecule has 4 nitrogen and oxygen atoms in total. The minimum absolute atomic E-state index is 0.0201. The molecular weight excluding hydrogens is 235 g/mol. The fourth-order valence-electron chi connectivity index (χ4n) is 1.06. The molecule has 1 aromatic heterocycles. The molecule has 0 aliphatic heterocycles.